The molecule has 0 nitrogen and oxygen atoms in total. The van der Waals surface area contributed by atoms with E-state index in [1.54, 1.807) is 0 Å². The molecule has 0 bridgehead atoms. The molecule has 32 heavy (non-hydrogen) atoms. The van der Waals surface area contributed by atoms with E-state index in [-0.39, 0.29) is 0 Å². The smallest absolute Gasteiger partial charge is 0.248 e. The molecule has 0 amide bonds. The quantitative estimate of drug-likeness (QED) is 0.149. The summed E-state index contributed by atoms with van der Waals surface area (Å²) >= 11 is 9.95. The highest BCUT2D eigenvalue weighted by atomic mass is 35.7. The van der Waals surface area contributed by atoms with Gasteiger partial charge in [-0.25, -0.2) is 4.39 Å². The van der Waals surface area contributed by atoms with Crippen LogP contribution in [0.1, 0.15) is 6.42 Å². The van der Waals surface area contributed by atoms with Crippen LogP contribution in [-0.4, -0.2) is 60.1 Å². The average molecular weight is 579 g/mol. The molecule has 0 aliphatic rings. The van der Waals surface area contributed by atoms with E-state index in [0.29, 0.717) is 6.55 Å². The molecule has 0 heterocycles. The number of halogens is 20. The van der Waals surface area contributed by atoms with Crippen molar-refractivity contribution >= 4 is 28.9 Å². The highest BCUT2D eigenvalue weighted by molar-refractivity contribution is 7.45. The maximum Gasteiger partial charge on any atom is 0.460 e. The predicted molar refractivity (Wildman–Crippen MR) is 73.5 cm³/mol. The number of hydrogen-bond donors (Lipinski definition) is 0. The molecule has 0 aromatic rings. The molecule has 0 aliphatic heterocycles. The van der Waals surface area contributed by atoms with Crippen LogP contribution in [0.2, 0.25) is 6.55 Å². The Labute approximate surface area is 175 Å². The van der Waals surface area contributed by atoms with Crippen molar-refractivity contribution < 1.29 is 79.0 Å². The summed E-state index contributed by atoms with van der Waals surface area (Å²) < 4.78 is 234. The summed E-state index contributed by atoms with van der Waals surface area (Å²) in [5.41, 5.74) is 0. The summed E-state index contributed by atoms with van der Waals surface area (Å²) in [5, 5.41) is 0. The zero-order valence-corrected chi connectivity index (χ0v) is 16.9. The van der Waals surface area contributed by atoms with Gasteiger partial charge in [-0.2, -0.15) is 74.6 Å². The highest BCUT2D eigenvalue weighted by Crippen LogP contribution is 2.64. The van der Waals surface area contributed by atoms with Crippen LogP contribution in [0.15, 0.2) is 0 Å². The lowest BCUT2D eigenvalue weighted by Gasteiger charge is -2.43. The minimum absolute atomic E-state index is 0.371. The summed E-state index contributed by atoms with van der Waals surface area (Å²) in [4.78, 5) is 0. The second kappa shape index (κ2) is 8.05. The molecule has 0 saturated heterocycles. The normalized spacial score (nSPS) is 17.5. The minimum atomic E-state index is -8.72. The van der Waals surface area contributed by atoms with Crippen molar-refractivity contribution in [2.24, 2.45) is 0 Å². The van der Waals surface area contributed by atoms with Crippen LogP contribution >= 0.6 is 22.2 Å². The molecule has 21 heteroatoms. The molecule has 0 rings (SSSR count). The van der Waals surface area contributed by atoms with E-state index >= 15 is 0 Å². The van der Waals surface area contributed by atoms with Gasteiger partial charge in [0.25, 0.3) is 6.69 Å². The van der Waals surface area contributed by atoms with Crippen molar-refractivity contribution in [1.29, 1.82) is 0 Å². The molecule has 194 valence electrons. The number of alkyl halides is 18. The third-order valence-electron chi connectivity index (χ3n) is 3.77. The second-order valence-electron chi connectivity index (χ2n) is 6.28. The molecule has 0 aliphatic carbocycles. The van der Waals surface area contributed by atoms with Crippen LogP contribution in [0.25, 0.3) is 0 Å². The van der Waals surface area contributed by atoms with Gasteiger partial charge in [0.2, 0.25) is 0 Å². The van der Waals surface area contributed by atoms with E-state index in [4.69, 9.17) is 22.2 Å². The molecular weight excluding hydrogens is 573 g/mol. The SMILES string of the molecule is C[Si](Cl)(Cl)C(F)CC(F)(F)C(F)(F)C(F)(F)C(F)(F)C(F)(F)C(F)(F)C(F)(F)C(F)(F)F. The first-order valence-corrected chi connectivity index (χ1v) is 11.7. The van der Waals surface area contributed by atoms with Crippen molar-refractivity contribution in [3.63, 3.8) is 0 Å². The van der Waals surface area contributed by atoms with Crippen molar-refractivity contribution in [3.8, 4) is 0 Å². The van der Waals surface area contributed by atoms with Crippen LogP contribution < -0.4 is 0 Å². The Morgan fingerprint density at radius 1 is 0.531 bits per heavy atom. The molecule has 0 aromatic carbocycles. The fourth-order valence-corrected chi connectivity index (χ4v) is 2.81. The molecule has 0 saturated carbocycles. The molecule has 0 fully saturated rings. The lowest BCUT2D eigenvalue weighted by atomic mass is 9.88. The molecule has 1 atom stereocenters. The van der Waals surface area contributed by atoms with E-state index in [1.165, 1.54) is 0 Å². The zero-order valence-electron chi connectivity index (χ0n) is 14.3. The van der Waals surface area contributed by atoms with Gasteiger partial charge in [0.05, 0.1) is 0 Å². The Balaban J connectivity index is 6.66. The van der Waals surface area contributed by atoms with Crippen LogP contribution in [0.3, 0.4) is 0 Å². The summed E-state index contributed by atoms with van der Waals surface area (Å²) in [6.45, 7) is -4.26. The molecule has 1 unspecified atom stereocenters. The summed E-state index contributed by atoms with van der Waals surface area (Å²) in [6, 6.07) is 0. The molecule has 0 aromatic heterocycles. The molecule has 0 radical (unpaired) electrons. The van der Waals surface area contributed by atoms with Gasteiger partial charge in [-0.1, -0.05) is 0 Å². The maximum atomic E-state index is 13.5. The molecule has 0 spiro atoms. The predicted octanol–water partition coefficient (Wildman–Crippen LogP) is 7.81. The van der Waals surface area contributed by atoms with Crippen LogP contribution in [-0.2, 0) is 0 Å². The Kier molecular flexibility index (Phi) is 7.93. The van der Waals surface area contributed by atoms with Gasteiger partial charge in [0.1, 0.15) is 5.79 Å². The molecule has 0 N–H and O–H groups in total. The van der Waals surface area contributed by atoms with Gasteiger partial charge in [-0.3, -0.25) is 0 Å². The van der Waals surface area contributed by atoms with E-state index in [1.807, 2.05) is 0 Å². The van der Waals surface area contributed by atoms with Gasteiger partial charge < -0.3 is 0 Å². The first-order valence-electron chi connectivity index (χ1n) is 7.11. The van der Waals surface area contributed by atoms with E-state index in [2.05, 4.69) is 0 Å². The van der Waals surface area contributed by atoms with E-state index < -0.39 is 66.5 Å². The van der Waals surface area contributed by atoms with Crippen molar-refractivity contribution in [3.05, 3.63) is 0 Å². The average Bonchev–Trinajstić information content (AvgIpc) is 2.51. The van der Waals surface area contributed by atoms with Gasteiger partial charge in [-0.05, 0) is 6.55 Å². The Morgan fingerprint density at radius 3 is 1.03 bits per heavy atom. The van der Waals surface area contributed by atoms with E-state index in [0.717, 1.165) is 0 Å². The van der Waals surface area contributed by atoms with Crippen molar-refractivity contribution in [2.75, 3.05) is 0 Å². The minimum Gasteiger partial charge on any atom is -0.248 e. The van der Waals surface area contributed by atoms with Crippen molar-refractivity contribution in [1.82, 2.24) is 0 Å². The third-order valence-corrected chi connectivity index (χ3v) is 6.50. The Bertz CT molecular complexity index is 677. The zero-order chi connectivity index (χ0) is 26.8. The largest absolute Gasteiger partial charge is 0.460 e. The third kappa shape index (κ3) is 4.45. The summed E-state index contributed by atoms with van der Waals surface area (Å²) in [7, 11) is 0. The van der Waals surface area contributed by atoms with Crippen LogP contribution in [0, 0.1) is 0 Å². The van der Waals surface area contributed by atoms with Gasteiger partial charge in [0, 0.05) is 6.42 Å². The number of hydrogen-bond acceptors (Lipinski definition) is 0. The topological polar surface area (TPSA) is 0 Å². The lowest BCUT2D eigenvalue weighted by molar-refractivity contribution is -0.462. The first-order chi connectivity index (χ1) is 13.4. The van der Waals surface area contributed by atoms with Gasteiger partial charge in [-0.15, -0.1) is 22.2 Å². The Hall–Kier alpha value is -0.463. The fourth-order valence-electron chi connectivity index (χ4n) is 1.73. The van der Waals surface area contributed by atoms with E-state index in [9.17, 15) is 79.0 Å². The maximum absolute atomic E-state index is 13.5. The van der Waals surface area contributed by atoms with Gasteiger partial charge in [0.15, 0.2) is 0 Å². The van der Waals surface area contributed by atoms with Crippen molar-refractivity contribution in [2.45, 2.75) is 66.4 Å². The first kappa shape index (κ1) is 31.5. The fraction of sp³-hybridized carbons (Fsp3) is 1.00. The molecular formula is C11H6Cl2F18Si. The van der Waals surface area contributed by atoms with Crippen LogP contribution in [0.5, 0.6) is 0 Å². The van der Waals surface area contributed by atoms with Gasteiger partial charge >= 0.3 is 47.6 Å². The standard InChI is InChI=1S/C11H6Cl2F18Si/c1-32(12,13)3(14)2-4(15,16)5(17,18)6(19,20)7(21,22)8(23,24)9(25,26)10(27,28)11(29,30)31/h3H,2H2,1H3. The highest BCUT2D eigenvalue weighted by Gasteiger charge is 2.95. The summed E-state index contributed by atoms with van der Waals surface area (Å²) in [6.07, 6.45) is -11.1. The van der Waals surface area contributed by atoms with Crippen LogP contribution in [0.4, 0.5) is 79.0 Å². The summed E-state index contributed by atoms with van der Waals surface area (Å²) in [5.74, 6) is -61.0. The second-order valence-corrected chi connectivity index (χ2v) is 14.1. The lowest BCUT2D eigenvalue weighted by Crippen LogP contribution is -2.74. The number of rotatable bonds is 9. The Morgan fingerprint density at radius 2 is 0.781 bits per heavy atom. The monoisotopic (exact) mass is 578 g/mol.